The molecule has 0 fully saturated rings. The maximum Gasteiger partial charge on any atom is 0.262 e. The third-order valence-electron chi connectivity index (χ3n) is 2.95. The number of sulfonamides is 1. The lowest BCUT2D eigenvalue weighted by molar-refractivity contribution is 0.596. The van der Waals surface area contributed by atoms with Gasteiger partial charge >= 0.3 is 0 Å². The van der Waals surface area contributed by atoms with E-state index in [4.69, 9.17) is 5.73 Å². The Bertz CT molecular complexity index is 805. The van der Waals surface area contributed by atoms with E-state index < -0.39 is 21.7 Å². The Hall–Kier alpha value is -2.15. The summed E-state index contributed by atoms with van der Waals surface area (Å²) in [5, 5.41) is 0. The summed E-state index contributed by atoms with van der Waals surface area (Å²) >= 11 is 0. The molecule has 4 nitrogen and oxygen atoms in total. The zero-order valence-electron chi connectivity index (χ0n) is 11.4. The van der Waals surface area contributed by atoms with Gasteiger partial charge in [0.15, 0.2) is 0 Å². The van der Waals surface area contributed by atoms with Gasteiger partial charge in [-0.25, -0.2) is 17.2 Å². The molecule has 2 aromatic carbocycles. The number of benzene rings is 2. The fraction of sp³-hybridized carbons (Fsp3) is 0.143. The van der Waals surface area contributed by atoms with Crippen LogP contribution in [0.5, 0.6) is 0 Å². The van der Waals surface area contributed by atoms with Crippen LogP contribution in [0.3, 0.4) is 0 Å². The minimum absolute atomic E-state index is 0.169. The molecule has 112 valence electrons. The normalized spacial score (nSPS) is 11.4. The maximum absolute atomic E-state index is 13.6. The van der Waals surface area contributed by atoms with E-state index in [0.717, 1.165) is 12.1 Å². The number of nitrogen functional groups attached to an aromatic ring is 1. The van der Waals surface area contributed by atoms with Crippen LogP contribution < -0.4 is 10.5 Å². The molecular weight excluding hydrogens is 298 g/mol. The molecule has 0 aliphatic carbocycles. The van der Waals surface area contributed by atoms with E-state index in [1.807, 2.05) is 0 Å². The SMILES string of the molecule is Cc1ccc(F)c(NS(=O)(=O)c2cc(N)c(F)cc2C)c1. The molecule has 0 unspecified atom stereocenters. The fourth-order valence-electron chi connectivity index (χ4n) is 1.88. The molecule has 3 N–H and O–H groups in total. The highest BCUT2D eigenvalue weighted by atomic mass is 32.2. The summed E-state index contributed by atoms with van der Waals surface area (Å²) in [6.45, 7) is 3.14. The third kappa shape index (κ3) is 3.13. The van der Waals surface area contributed by atoms with Gasteiger partial charge in [-0.15, -0.1) is 0 Å². The monoisotopic (exact) mass is 312 g/mol. The second kappa shape index (κ2) is 5.33. The highest BCUT2D eigenvalue weighted by Gasteiger charge is 2.20. The van der Waals surface area contributed by atoms with E-state index in [1.165, 1.54) is 25.1 Å². The van der Waals surface area contributed by atoms with Gasteiger partial charge < -0.3 is 5.73 Å². The average molecular weight is 312 g/mol. The van der Waals surface area contributed by atoms with Crippen molar-refractivity contribution in [3.8, 4) is 0 Å². The van der Waals surface area contributed by atoms with Gasteiger partial charge in [-0.05, 0) is 49.2 Å². The van der Waals surface area contributed by atoms with Crippen LogP contribution in [0.1, 0.15) is 11.1 Å². The summed E-state index contributed by atoms with van der Waals surface area (Å²) in [5.74, 6) is -1.40. The minimum Gasteiger partial charge on any atom is -0.396 e. The predicted octanol–water partition coefficient (Wildman–Crippen LogP) is 2.96. The molecule has 0 aromatic heterocycles. The van der Waals surface area contributed by atoms with E-state index in [0.29, 0.717) is 5.56 Å². The molecule has 0 spiro atoms. The van der Waals surface area contributed by atoms with Crippen LogP contribution in [-0.4, -0.2) is 8.42 Å². The zero-order chi connectivity index (χ0) is 15.8. The molecule has 0 bridgehead atoms. The molecule has 2 aromatic rings. The molecule has 2 rings (SSSR count). The Morgan fingerprint density at radius 3 is 2.38 bits per heavy atom. The Kier molecular flexibility index (Phi) is 3.87. The zero-order valence-corrected chi connectivity index (χ0v) is 12.3. The van der Waals surface area contributed by atoms with Crippen molar-refractivity contribution < 1.29 is 17.2 Å². The number of nitrogens with two attached hydrogens (primary N) is 1. The molecular formula is C14H14F2N2O2S. The molecule has 7 heteroatoms. The van der Waals surface area contributed by atoms with Crippen LogP contribution >= 0.6 is 0 Å². The molecule has 0 aliphatic heterocycles. The van der Waals surface area contributed by atoms with Crippen LogP contribution in [0.4, 0.5) is 20.2 Å². The van der Waals surface area contributed by atoms with Gasteiger partial charge in [0, 0.05) is 0 Å². The van der Waals surface area contributed by atoms with E-state index in [-0.39, 0.29) is 21.8 Å². The Morgan fingerprint density at radius 1 is 1.05 bits per heavy atom. The van der Waals surface area contributed by atoms with E-state index >= 15 is 0 Å². The standard InChI is InChI=1S/C14H14F2N2O2S/c1-8-3-4-10(15)13(5-8)18-21(19,20)14-7-12(17)11(16)6-9(14)2/h3-7,18H,17H2,1-2H3. The number of aryl methyl sites for hydroxylation is 2. The first-order valence-electron chi connectivity index (χ1n) is 6.05. The van der Waals surface area contributed by atoms with Crippen molar-refractivity contribution in [3.05, 3.63) is 53.1 Å². The van der Waals surface area contributed by atoms with Crippen molar-refractivity contribution in [2.75, 3.05) is 10.5 Å². The highest BCUT2D eigenvalue weighted by molar-refractivity contribution is 7.92. The molecule has 0 radical (unpaired) electrons. The second-order valence-corrected chi connectivity index (χ2v) is 6.38. The van der Waals surface area contributed by atoms with Crippen LogP contribution in [0.25, 0.3) is 0 Å². The smallest absolute Gasteiger partial charge is 0.262 e. The average Bonchev–Trinajstić information content (AvgIpc) is 2.37. The first-order valence-corrected chi connectivity index (χ1v) is 7.53. The second-order valence-electron chi connectivity index (χ2n) is 4.73. The maximum atomic E-state index is 13.6. The Morgan fingerprint density at radius 2 is 1.71 bits per heavy atom. The number of halogens is 2. The van der Waals surface area contributed by atoms with Crippen molar-refractivity contribution in [2.45, 2.75) is 18.7 Å². The lowest BCUT2D eigenvalue weighted by Gasteiger charge is -2.12. The molecule has 0 atom stereocenters. The van der Waals surface area contributed by atoms with Gasteiger partial charge in [0.1, 0.15) is 11.6 Å². The van der Waals surface area contributed by atoms with Gasteiger partial charge in [0.25, 0.3) is 10.0 Å². The van der Waals surface area contributed by atoms with Gasteiger partial charge in [-0.3, -0.25) is 4.72 Å². The van der Waals surface area contributed by atoms with Crippen molar-refractivity contribution >= 4 is 21.4 Å². The predicted molar refractivity (Wildman–Crippen MR) is 77.5 cm³/mol. The first kappa shape index (κ1) is 15.2. The van der Waals surface area contributed by atoms with Gasteiger partial charge in [0.05, 0.1) is 16.3 Å². The lowest BCUT2D eigenvalue weighted by Crippen LogP contribution is -2.16. The molecule has 0 saturated carbocycles. The molecule has 0 heterocycles. The molecule has 21 heavy (non-hydrogen) atoms. The summed E-state index contributed by atoms with van der Waals surface area (Å²) in [5.41, 5.74) is 5.82. The van der Waals surface area contributed by atoms with Gasteiger partial charge in [-0.2, -0.15) is 0 Å². The number of anilines is 2. The van der Waals surface area contributed by atoms with Crippen molar-refractivity contribution in [1.82, 2.24) is 0 Å². The summed E-state index contributed by atoms with van der Waals surface area (Å²) in [6, 6.07) is 6.10. The quantitative estimate of drug-likeness (QED) is 0.856. The highest BCUT2D eigenvalue weighted by Crippen LogP contribution is 2.25. The van der Waals surface area contributed by atoms with Crippen molar-refractivity contribution in [3.63, 3.8) is 0 Å². The Balaban J connectivity index is 2.48. The summed E-state index contributed by atoms with van der Waals surface area (Å²) in [6.07, 6.45) is 0. The third-order valence-corrected chi connectivity index (χ3v) is 4.46. The number of hydrogen-bond acceptors (Lipinski definition) is 3. The number of hydrogen-bond donors (Lipinski definition) is 2. The molecule has 0 saturated heterocycles. The van der Waals surface area contributed by atoms with E-state index in [1.54, 1.807) is 6.92 Å². The van der Waals surface area contributed by atoms with Crippen LogP contribution in [0.15, 0.2) is 35.2 Å². The molecule has 0 aliphatic rings. The number of rotatable bonds is 3. The van der Waals surface area contributed by atoms with Crippen molar-refractivity contribution in [2.24, 2.45) is 0 Å². The van der Waals surface area contributed by atoms with Crippen LogP contribution in [0, 0.1) is 25.5 Å². The van der Waals surface area contributed by atoms with E-state index in [9.17, 15) is 17.2 Å². The van der Waals surface area contributed by atoms with Gasteiger partial charge in [-0.1, -0.05) is 6.07 Å². The minimum atomic E-state index is -4.06. The van der Waals surface area contributed by atoms with E-state index in [2.05, 4.69) is 4.72 Å². The lowest BCUT2D eigenvalue weighted by atomic mass is 10.2. The largest absolute Gasteiger partial charge is 0.396 e. The Labute approximate surface area is 121 Å². The summed E-state index contributed by atoms with van der Waals surface area (Å²) in [4.78, 5) is -0.192. The van der Waals surface area contributed by atoms with Crippen LogP contribution in [0.2, 0.25) is 0 Å². The van der Waals surface area contributed by atoms with Gasteiger partial charge in [0.2, 0.25) is 0 Å². The van der Waals surface area contributed by atoms with Crippen LogP contribution in [-0.2, 0) is 10.0 Å². The summed E-state index contributed by atoms with van der Waals surface area (Å²) in [7, 11) is -4.06. The summed E-state index contributed by atoms with van der Waals surface area (Å²) < 4.78 is 53.7. The molecule has 0 amide bonds. The first-order chi connectivity index (χ1) is 9.70. The van der Waals surface area contributed by atoms with Crippen molar-refractivity contribution in [1.29, 1.82) is 0 Å². The topological polar surface area (TPSA) is 72.2 Å². The number of nitrogens with one attached hydrogen (secondary N) is 1. The fourth-order valence-corrected chi connectivity index (χ4v) is 3.20.